The van der Waals surface area contributed by atoms with Crippen molar-refractivity contribution in [2.75, 3.05) is 45.9 Å². The maximum atomic E-state index is 11.8. The van der Waals surface area contributed by atoms with Crippen LogP contribution in [0.1, 0.15) is 33.1 Å². The summed E-state index contributed by atoms with van der Waals surface area (Å²) in [6.07, 6.45) is 3.17. The topological polar surface area (TPSA) is 53.0 Å². The van der Waals surface area contributed by atoms with Crippen molar-refractivity contribution in [1.29, 1.82) is 0 Å². The van der Waals surface area contributed by atoms with Crippen LogP contribution in [0.15, 0.2) is 0 Å². The van der Waals surface area contributed by atoms with E-state index >= 15 is 0 Å². The lowest BCUT2D eigenvalue weighted by atomic mass is 9.74. The summed E-state index contributed by atoms with van der Waals surface area (Å²) in [5.74, 6) is 0.286. The monoisotopic (exact) mass is 310 g/mol. The van der Waals surface area contributed by atoms with E-state index in [9.17, 15) is 9.90 Å². The summed E-state index contributed by atoms with van der Waals surface area (Å²) in [5, 5.41) is 9.73. The zero-order valence-corrected chi connectivity index (χ0v) is 14.0. The lowest BCUT2D eigenvalue weighted by Gasteiger charge is -2.36. The molecule has 0 aliphatic carbocycles. The summed E-state index contributed by atoms with van der Waals surface area (Å²) in [6, 6.07) is 0.642. The lowest BCUT2D eigenvalue weighted by Crippen LogP contribution is -2.45. The van der Waals surface area contributed by atoms with Gasteiger partial charge in [0.15, 0.2) is 0 Å². The molecule has 0 amide bonds. The van der Waals surface area contributed by atoms with Crippen molar-refractivity contribution in [1.82, 2.24) is 9.80 Å². The highest BCUT2D eigenvalue weighted by Gasteiger charge is 2.53. The maximum Gasteiger partial charge on any atom is 0.311 e. The molecule has 0 aromatic rings. The number of fused-ring (bicyclic) bond motifs is 1. The SMILES string of the molecule is CC(C)N1CCC(CN2C[C@@H]3COCC[C@]3(C(=O)O)C2)CC1. The molecule has 2 atom stereocenters. The fourth-order valence-electron chi connectivity index (χ4n) is 4.56. The second-order valence-corrected chi connectivity index (χ2v) is 7.75. The predicted molar refractivity (Wildman–Crippen MR) is 84.9 cm³/mol. The van der Waals surface area contributed by atoms with Crippen LogP contribution in [-0.2, 0) is 9.53 Å². The number of aliphatic carboxylic acids is 1. The van der Waals surface area contributed by atoms with E-state index in [0.29, 0.717) is 25.7 Å². The first kappa shape index (κ1) is 16.2. The third kappa shape index (κ3) is 3.03. The Balaban J connectivity index is 1.55. The van der Waals surface area contributed by atoms with Crippen LogP contribution in [0.2, 0.25) is 0 Å². The van der Waals surface area contributed by atoms with E-state index in [2.05, 4.69) is 23.6 Å². The number of likely N-dealkylation sites (tertiary alicyclic amines) is 2. The van der Waals surface area contributed by atoms with Gasteiger partial charge in [-0.3, -0.25) is 4.79 Å². The van der Waals surface area contributed by atoms with Gasteiger partial charge in [-0.05, 0) is 52.1 Å². The number of piperidine rings is 1. The molecule has 126 valence electrons. The van der Waals surface area contributed by atoms with Crippen LogP contribution in [0.25, 0.3) is 0 Å². The van der Waals surface area contributed by atoms with Crippen molar-refractivity contribution >= 4 is 5.97 Å². The van der Waals surface area contributed by atoms with Gasteiger partial charge in [0.25, 0.3) is 0 Å². The predicted octanol–water partition coefficient (Wildman–Crippen LogP) is 1.53. The van der Waals surface area contributed by atoms with Crippen molar-refractivity contribution in [3.8, 4) is 0 Å². The molecule has 0 spiro atoms. The van der Waals surface area contributed by atoms with Gasteiger partial charge in [0.05, 0.1) is 12.0 Å². The molecular weight excluding hydrogens is 280 g/mol. The van der Waals surface area contributed by atoms with E-state index in [0.717, 1.165) is 25.6 Å². The number of hydrogen-bond acceptors (Lipinski definition) is 4. The molecule has 5 heteroatoms. The highest BCUT2D eigenvalue weighted by molar-refractivity contribution is 5.76. The summed E-state index contributed by atoms with van der Waals surface area (Å²) in [5.41, 5.74) is -0.545. The van der Waals surface area contributed by atoms with Crippen LogP contribution < -0.4 is 0 Å². The Kier molecular flexibility index (Phi) is 4.76. The standard InChI is InChI=1S/C17H30N2O3/c1-13(2)19-6-3-14(4-7-19)9-18-10-15-11-22-8-5-17(15,12-18)16(20)21/h13-15H,3-12H2,1-2H3,(H,20,21)/t15-,17+/m1/s1. The fourth-order valence-corrected chi connectivity index (χ4v) is 4.56. The largest absolute Gasteiger partial charge is 0.481 e. The van der Waals surface area contributed by atoms with E-state index < -0.39 is 11.4 Å². The number of rotatable bonds is 4. The van der Waals surface area contributed by atoms with Crippen molar-refractivity contribution in [3.63, 3.8) is 0 Å². The maximum absolute atomic E-state index is 11.8. The third-order valence-electron chi connectivity index (χ3n) is 6.10. The quantitative estimate of drug-likeness (QED) is 0.853. The number of carboxylic acids is 1. The minimum absolute atomic E-state index is 0.175. The molecule has 5 nitrogen and oxygen atoms in total. The molecule has 0 unspecified atom stereocenters. The summed E-state index contributed by atoms with van der Waals surface area (Å²) in [7, 11) is 0. The van der Waals surface area contributed by atoms with Gasteiger partial charge < -0.3 is 19.6 Å². The van der Waals surface area contributed by atoms with Crippen molar-refractivity contribution in [2.24, 2.45) is 17.3 Å². The lowest BCUT2D eigenvalue weighted by molar-refractivity contribution is -0.157. The molecule has 3 rings (SSSR count). The molecule has 3 fully saturated rings. The Hall–Kier alpha value is -0.650. The molecule has 3 aliphatic heterocycles. The molecule has 0 aromatic heterocycles. The highest BCUT2D eigenvalue weighted by atomic mass is 16.5. The van der Waals surface area contributed by atoms with Crippen LogP contribution in [0.3, 0.4) is 0 Å². The second-order valence-electron chi connectivity index (χ2n) is 7.75. The number of carboxylic acid groups (broad SMARTS) is 1. The molecule has 3 aliphatic rings. The van der Waals surface area contributed by atoms with E-state index in [-0.39, 0.29) is 5.92 Å². The molecular formula is C17H30N2O3. The van der Waals surface area contributed by atoms with Crippen molar-refractivity contribution in [3.05, 3.63) is 0 Å². The van der Waals surface area contributed by atoms with Gasteiger partial charge in [0.1, 0.15) is 0 Å². The fraction of sp³-hybridized carbons (Fsp3) is 0.941. The Labute approximate surface area is 133 Å². The Morgan fingerprint density at radius 1 is 1.36 bits per heavy atom. The molecule has 22 heavy (non-hydrogen) atoms. The second kappa shape index (κ2) is 6.46. The zero-order valence-electron chi connectivity index (χ0n) is 14.0. The van der Waals surface area contributed by atoms with Gasteiger partial charge in [-0.25, -0.2) is 0 Å². The molecule has 0 saturated carbocycles. The van der Waals surface area contributed by atoms with E-state index in [4.69, 9.17) is 4.74 Å². The van der Waals surface area contributed by atoms with Gasteiger partial charge in [-0.2, -0.15) is 0 Å². The van der Waals surface area contributed by atoms with Gasteiger partial charge in [0, 0.05) is 38.2 Å². The number of nitrogens with zero attached hydrogens (tertiary/aromatic N) is 2. The normalized spacial score (nSPS) is 35.0. The number of carbonyl (C=O) groups is 1. The zero-order chi connectivity index (χ0) is 15.7. The van der Waals surface area contributed by atoms with Crippen LogP contribution in [0.5, 0.6) is 0 Å². The Morgan fingerprint density at radius 3 is 2.68 bits per heavy atom. The highest BCUT2D eigenvalue weighted by Crippen LogP contribution is 2.42. The molecule has 3 heterocycles. The summed E-state index contributed by atoms with van der Waals surface area (Å²) >= 11 is 0. The number of ether oxygens (including phenoxy) is 1. The Bertz CT molecular complexity index is 407. The van der Waals surface area contributed by atoms with Gasteiger partial charge in [0.2, 0.25) is 0 Å². The average Bonchev–Trinajstić information content (AvgIpc) is 2.87. The van der Waals surface area contributed by atoms with Crippen LogP contribution in [-0.4, -0.2) is 72.9 Å². The molecule has 3 saturated heterocycles. The van der Waals surface area contributed by atoms with E-state index in [1.54, 1.807) is 0 Å². The van der Waals surface area contributed by atoms with Crippen molar-refractivity contribution in [2.45, 2.75) is 39.2 Å². The minimum Gasteiger partial charge on any atom is -0.481 e. The third-order valence-corrected chi connectivity index (χ3v) is 6.10. The first-order valence-electron chi connectivity index (χ1n) is 8.79. The van der Waals surface area contributed by atoms with Gasteiger partial charge >= 0.3 is 5.97 Å². The van der Waals surface area contributed by atoms with Crippen LogP contribution in [0, 0.1) is 17.3 Å². The Morgan fingerprint density at radius 2 is 2.09 bits per heavy atom. The van der Waals surface area contributed by atoms with E-state index in [1.165, 1.54) is 25.9 Å². The summed E-state index contributed by atoms with van der Waals surface area (Å²) in [4.78, 5) is 16.8. The first-order chi connectivity index (χ1) is 10.5. The first-order valence-corrected chi connectivity index (χ1v) is 8.79. The summed E-state index contributed by atoms with van der Waals surface area (Å²) < 4.78 is 5.54. The molecule has 0 aromatic carbocycles. The molecule has 1 N–H and O–H groups in total. The van der Waals surface area contributed by atoms with Gasteiger partial charge in [-0.15, -0.1) is 0 Å². The van der Waals surface area contributed by atoms with Crippen LogP contribution >= 0.6 is 0 Å². The van der Waals surface area contributed by atoms with Crippen molar-refractivity contribution < 1.29 is 14.6 Å². The summed E-state index contributed by atoms with van der Waals surface area (Å²) in [6.45, 7) is 10.8. The minimum atomic E-state index is -0.613. The number of hydrogen-bond donors (Lipinski definition) is 1. The molecule has 0 bridgehead atoms. The van der Waals surface area contributed by atoms with E-state index in [1.807, 2.05) is 0 Å². The average molecular weight is 310 g/mol. The molecule has 0 radical (unpaired) electrons. The smallest absolute Gasteiger partial charge is 0.311 e. The van der Waals surface area contributed by atoms with Crippen LogP contribution in [0.4, 0.5) is 0 Å². The van der Waals surface area contributed by atoms with Gasteiger partial charge in [-0.1, -0.05) is 0 Å².